The van der Waals surface area contributed by atoms with Crippen LogP contribution in [0.1, 0.15) is 30.6 Å². The summed E-state index contributed by atoms with van der Waals surface area (Å²) >= 11 is 0. The van der Waals surface area contributed by atoms with Gasteiger partial charge in [0.2, 0.25) is 0 Å². The molecule has 0 aliphatic carbocycles. The van der Waals surface area contributed by atoms with Crippen molar-refractivity contribution in [3.8, 4) is 0 Å². The number of hydrogen-bond donors (Lipinski definition) is 2. The summed E-state index contributed by atoms with van der Waals surface area (Å²) in [5.74, 6) is -2.04. The summed E-state index contributed by atoms with van der Waals surface area (Å²) in [5, 5.41) is 11.5. The van der Waals surface area contributed by atoms with Gasteiger partial charge in [0.15, 0.2) is 9.84 Å². The van der Waals surface area contributed by atoms with Gasteiger partial charge in [0, 0.05) is 0 Å². The van der Waals surface area contributed by atoms with E-state index in [-0.39, 0.29) is 22.6 Å². The number of amides is 1. The molecule has 0 saturated heterocycles. The Hall–Kier alpha value is -2.15. The predicted molar refractivity (Wildman–Crippen MR) is 82.5 cm³/mol. The highest BCUT2D eigenvalue weighted by atomic mass is 32.2. The van der Waals surface area contributed by atoms with Gasteiger partial charge in [0.25, 0.3) is 5.91 Å². The number of carbonyl (C=O) groups is 2. The number of nitrogens with one attached hydrogen (secondary N) is 1. The van der Waals surface area contributed by atoms with Gasteiger partial charge in [-0.3, -0.25) is 4.79 Å². The molecular formula is C15H19NO5S. The Morgan fingerprint density at radius 3 is 2.50 bits per heavy atom. The topological polar surface area (TPSA) is 101 Å². The highest BCUT2D eigenvalue weighted by molar-refractivity contribution is 7.91. The fourth-order valence-electron chi connectivity index (χ4n) is 1.81. The summed E-state index contributed by atoms with van der Waals surface area (Å²) in [5.41, 5.74) is -0.0453. The zero-order chi connectivity index (χ0) is 16.8. The molecule has 0 fully saturated rings. The fraction of sp³-hybridized carbons (Fsp3) is 0.333. The molecule has 0 aromatic heterocycles. The lowest BCUT2D eigenvalue weighted by Crippen LogP contribution is -2.40. The third kappa shape index (κ3) is 4.42. The maximum atomic E-state index is 12.2. The lowest BCUT2D eigenvalue weighted by atomic mass is 10.1. The molecule has 120 valence electrons. The van der Waals surface area contributed by atoms with Gasteiger partial charge in [0.1, 0.15) is 6.04 Å². The van der Waals surface area contributed by atoms with Crippen molar-refractivity contribution in [2.75, 3.05) is 5.75 Å². The molecule has 0 saturated carbocycles. The van der Waals surface area contributed by atoms with Crippen LogP contribution in [-0.4, -0.2) is 37.2 Å². The number of benzene rings is 1. The van der Waals surface area contributed by atoms with E-state index in [0.717, 1.165) is 0 Å². The quantitative estimate of drug-likeness (QED) is 0.742. The third-order valence-electron chi connectivity index (χ3n) is 3.06. The van der Waals surface area contributed by atoms with E-state index in [1.807, 2.05) is 0 Å². The zero-order valence-corrected chi connectivity index (χ0v) is 13.3. The van der Waals surface area contributed by atoms with E-state index in [4.69, 9.17) is 5.11 Å². The molecule has 1 unspecified atom stereocenters. The van der Waals surface area contributed by atoms with Crippen LogP contribution in [0.5, 0.6) is 0 Å². The average Bonchev–Trinajstić information content (AvgIpc) is 2.50. The molecule has 0 bridgehead atoms. The second-order valence-corrected chi connectivity index (χ2v) is 6.82. The Kier molecular flexibility index (Phi) is 6.30. The molecule has 0 heterocycles. The van der Waals surface area contributed by atoms with E-state index in [1.54, 1.807) is 19.1 Å². The highest BCUT2D eigenvalue weighted by Crippen LogP contribution is 2.17. The SMILES string of the molecule is C/C=C/CC(NC(=O)c1ccccc1S(=O)(=O)CC)C(=O)O. The van der Waals surface area contributed by atoms with Crippen LogP contribution in [0.25, 0.3) is 0 Å². The van der Waals surface area contributed by atoms with Gasteiger partial charge in [-0.25, -0.2) is 13.2 Å². The van der Waals surface area contributed by atoms with E-state index in [9.17, 15) is 18.0 Å². The van der Waals surface area contributed by atoms with Crippen molar-refractivity contribution in [1.82, 2.24) is 5.32 Å². The molecule has 6 nitrogen and oxygen atoms in total. The van der Waals surface area contributed by atoms with Crippen molar-refractivity contribution in [3.63, 3.8) is 0 Å². The summed E-state index contributed by atoms with van der Waals surface area (Å²) < 4.78 is 24.0. The maximum Gasteiger partial charge on any atom is 0.326 e. The van der Waals surface area contributed by atoms with Crippen LogP contribution in [0.4, 0.5) is 0 Å². The normalized spacial score (nSPS) is 13.0. The number of carboxylic acid groups (broad SMARTS) is 1. The molecule has 1 aromatic carbocycles. The Bertz CT molecular complexity index is 679. The largest absolute Gasteiger partial charge is 0.480 e. The van der Waals surface area contributed by atoms with Gasteiger partial charge in [-0.1, -0.05) is 31.2 Å². The number of hydrogen-bond acceptors (Lipinski definition) is 4. The second-order valence-electron chi connectivity index (χ2n) is 4.57. The first-order valence-electron chi connectivity index (χ1n) is 6.80. The molecule has 22 heavy (non-hydrogen) atoms. The van der Waals surface area contributed by atoms with Gasteiger partial charge in [-0.15, -0.1) is 0 Å². The standard InChI is InChI=1S/C15H19NO5S/c1-3-5-9-12(15(18)19)16-14(17)11-8-6-7-10-13(11)22(20,21)4-2/h3,5-8,10,12H,4,9H2,1-2H3,(H,16,17)(H,18,19)/b5-3+. The third-order valence-corrected chi connectivity index (χ3v) is 4.84. The zero-order valence-electron chi connectivity index (χ0n) is 12.4. The number of allylic oxidation sites excluding steroid dienone is 1. The monoisotopic (exact) mass is 325 g/mol. The van der Waals surface area contributed by atoms with E-state index >= 15 is 0 Å². The number of sulfone groups is 1. The molecule has 1 amide bonds. The molecular weight excluding hydrogens is 306 g/mol. The van der Waals surface area contributed by atoms with Crippen molar-refractivity contribution in [1.29, 1.82) is 0 Å². The molecule has 1 aromatic rings. The smallest absolute Gasteiger partial charge is 0.326 e. The molecule has 0 spiro atoms. The Morgan fingerprint density at radius 2 is 1.95 bits per heavy atom. The Balaban J connectivity index is 3.11. The average molecular weight is 325 g/mol. The van der Waals surface area contributed by atoms with Crippen molar-refractivity contribution in [3.05, 3.63) is 42.0 Å². The Morgan fingerprint density at radius 1 is 1.32 bits per heavy atom. The van der Waals surface area contributed by atoms with Crippen molar-refractivity contribution in [2.24, 2.45) is 0 Å². The van der Waals surface area contributed by atoms with Crippen LogP contribution in [0.15, 0.2) is 41.3 Å². The van der Waals surface area contributed by atoms with Gasteiger partial charge in [-0.2, -0.15) is 0 Å². The van der Waals surface area contributed by atoms with Crippen LogP contribution in [0.2, 0.25) is 0 Å². The lowest BCUT2D eigenvalue weighted by molar-refractivity contribution is -0.139. The number of rotatable bonds is 7. The number of carbonyl (C=O) groups excluding carboxylic acids is 1. The first kappa shape index (κ1) is 17.9. The molecule has 7 heteroatoms. The Labute approximate surface area is 129 Å². The second kappa shape index (κ2) is 7.74. The summed E-state index contributed by atoms with van der Waals surface area (Å²) in [6.07, 6.45) is 3.42. The van der Waals surface area contributed by atoms with Gasteiger partial charge in [0.05, 0.1) is 16.2 Å². The summed E-state index contributed by atoms with van der Waals surface area (Å²) in [6.45, 7) is 3.22. The van der Waals surface area contributed by atoms with Crippen LogP contribution in [0.3, 0.4) is 0 Å². The van der Waals surface area contributed by atoms with Gasteiger partial charge >= 0.3 is 5.97 Å². The molecule has 0 aliphatic heterocycles. The van der Waals surface area contributed by atoms with Gasteiger partial charge < -0.3 is 10.4 Å². The van der Waals surface area contributed by atoms with Gasteiger partial charge in [-0.05, 0) is 25.5 Å². The first-order valence-corrected chi connectivity index (χ1v) is 8.45. The number of aliphatic carboxylic acids is 1. The summed E-state index contributed by atoms with van der Waals surface area (Å²) in [7, 11) is -3.57. The number of carboxylic acids is 1. The summed E-state index contributed by atoms with van der Waals surface area (Å²) in [4.78, 5) is 23.3. The van der Waals surface area contributed by atoms with Crippen LogP contribution < -0.4 is 5.32 Å². The van der Waals surface area contributed by atoms with E-state index < -0.39 is 27.8 Å². The minimum Gasteiger partial charge on any atom is -0.480 e. The fourth-order valence-corrected chi connectivity index (χ4v) is 2.90. The first-order chi connectivity index (χ1) is 10.3. The van der Waals surface area contributed by atoms with E-state index in [0.29, 0.717) is 0 Å². The van der Waals surface area contributed by atoms with Crippen LogP contribution in [-0.2, 0) is 14.6 Å². The van der Waals surface area contributed by atoms with Crippen molar-refractivity contribution < 1.29 is 23.1 Å². The predicted octanol–water partition coefficient (Wildman–Crippen LogP) is 1.63. The van der Waals surface area contributed by atoms with Crippen molar-refractivity contribution >= 4 is 21.7 Å². The van der Waals surface area contributed by atoms with E-state index in [2.05, 4.69) is 5.32 Å². The highest BCUT2D eigenvalue weighted by Gasteiger charge is 2.24. The maximum absolute atomic E-state index is 12.2. The molecule has 1 atom stereocenters. The van der Waals surface area contributed by atoms with E-state index in [1.165, 1.54) is 31.2 Å². The lowest BCUT2D eigenvalue weighted by Gasteiger charge is -2.14. The molecule has 0 aliphatic rings. The van der Waals surface area contributed by atoms with Crippen molar-refractivity contribution in [2.45, 2.75) is 31.2 Å². The van der Waals surface area contributed by atoms with Crippen LogP contribution >= 0.6 is 0 Å². The van der Waals surface area contributed by atoms with Crippen LogP contribution in [0, 0.1) is 0 Å². The molecule has 0 radical (unpaired) electrons. The summed E-state index contributed by atoms with van der Waals surface area (Å²) in [6, 6.07) is 4.65. The molecule has 1 rings (SSSR count). The minimum absolute atomic E-state index is 0.0453. The molecule has 2 N–H and O–H groups in total. The minimum atomic E-state index is -3.57.